The lowest BCUT2D eigenvalue weighted by Gasteiger charge is -2.33. The molecule has 0 unspecified atom stereocenters. The second-order valence-electron chi connectivity index (χ2n) is 4.53. The van der Waals surface area contributed by atoms with Crippen LogP contribution in [-0.2, 0) is 0 Å². The normalized spacial score (nSPS) is 16.9. The molecule has 1 aromatic heterocycles. The van der Waals surface area contributed by atoms with Gasteiger partial charge in [0.1, 0.15) is 11.6 Å². The van der Waals surface area contributed by atoms with Crippen molar-refractivity contribution in [1.29, 1.82) is 0 Å². The first-order chi connectivity index (χ1) is 8.61. The predicted octanol–water partition coefficient (Wildman–Crippen LogP) is -2.13. The lowest BCUT2D eigenvalue weighted by Crippen LogP contribution is -3.14. The molecular formula is C12H18N4O2. The molecule has 1 fully saturated rings. The van der Waals surface area contributed by atoms with Crippen LogP contribution in [0.4, 0.5) is 5.82 Å². The third-order valence-electron chi connectivity index (χ3n) is 3.38. The van der Waals surface area contributed by atoms with Gasteiger partial charge in [0, 0.05) is 6.20 Å². The van der Waals surface area contributed by atoms with Gasteiger partial charge in [0.25, 0.3) is 0 Å². The summed E-state index contributed by atoms with van der Waals surface area (Å²) >= 11 is 0. The molecule has 1 saturated heterocycles. The number of quaternary nitrogens is 1. The molecule has 0 bridgehead atoms. The second kappa shape index (κ2) is 5.30. The Morgan fingerprint density at radius 1 is 1.50 bits per heavy atom. The number of hydrogen-bond donors (Lipinski definition) is 1. The van der Waals surface area contributed by atoms with Gasteiger partial charge in [0.2, 0.25) is 0 Å². The van der Waals surface area contributed by atoms with Crippen molar-refractivity contribution in [2.45, 2.75) is 13.8 Å². The predicted molar refractivity (Wildman–Crippen MR) is 64.6 cm³/mol. The molecule has 0 aromatic carbocycles. The van der Waals surface area contributed by atoms with E-state index in [9.17, 15) is 9.90 Å². The topological polar surface area (TPSA) is 73.6 Å². The van der Waals surface area contributed by atoms with E-state index in [1.54, 1.807) is 6.92 Å². The zero-order valence-corrected chi connectivity index (χ0v) is 10.8. The molecule has 1 aromatic rings. The minimum absolute atomic E-state index is 0.0838. The van der Waals surface area contributed by atoms with Gasteiger partial charge >= 0.3 is 0 Å². The van der Waals surface area contributed by atoms with Crippen molar-refractivity contribution >= 4 is 11.8 Å². The number of hydrogen-bond acceptors (Lipinski definition) is 5. The van der Waals surface area contributed by atoms with Crippen molar-refractivity contribution in [2.24, 2.45) is 0 Å². The van der Waals surface area contributed by atoms with Crippen molar-refractivity contribution in [3.8, 4) is 0 Å². The van der Waals surface area contributed by atoms with Gasteiger partial charge in [0.05, 0.1) is 44.3 Å². The average molecular weight is 250 g/mol. The van der Waals surface area contributed by atoms with E-state index < -0.39 is 5.97 Å². The molecule has 6 nitrogen and oxygen atoms in total. The van der Waals surface area contributed by atoms with Crippen LogP contribution in [0.25, 0.3) is 0 Å². The van der Waals surface area contributed by atoms with Crippen LogP contribution in [0.3, 0.4) is 0 Å². The lowest BCUT2D eigenvalue weighted by atomic mass is 10.2. The fraction of sp³-hybridized carbons (Fsp3) is 0.583. The Labute approximate surface area is 106 Å². The standard InChI is InChI=1S/C12H18N4O2/c1-3-15-4-6-16(7-5-15)11-10(12(17)18)8-13-9(2)14-11/h8H,3-7H2,1-2H3,(H,17,18). The molecule has 6 heteroatoms. The molecule has 1 aliphatic rings. The van der Waals surface area contributed by atoms with Gasteiger partial charge in [-0.25, -0.2) is 9.97 Å². The van der Waals surface area contributed by atoms with Gasteiger partial charge in [-0.05, 0) is 13.8 Å². The van der Waals surface area contributed by atoms with E-state index in [1.165, 1.54) is 11.1 Å². The van der Waals surface area contributed by atoms with Crippen LogP contribution in [0.2, 0.25) is 0 Å². The minimum atomic E-state index is -1.21. The molecule has 1 aliphatic heterocycles. The van der Waals surface area contributed by atoms with Crippen LogP contribution in [0.15, 0.2) is 6.20 Å². The molecule has 0 spiro atoms. The maximum Gasteiger partial charge on any atom is 0.141 e. The fourth-order valence-electron chi connectivity index (χ4n) is 2.23. The Morgan fingerprint density at radius 2 is 2.17 bits per heavy atom. The highest BCUT2D eigenvalue weighted by atomic mass is 16.4. The summed E-state index contributed by atoms with van der Waals surface area (Å²) in [6.07, 6.45) is 1.34. The molecule has 0 amide bonds. The first-order valence-corrected chi connectivity index (χ1v) is 6.25. The number of nitrogens with zero attached hydrogens (tertiary/aromatic N) is 3. The van der Waals surface area contributed by atoms with Crippen molar-refractivity contribution in [1.82, 2.24) is 9.97 Å². The SMILES string of the molecule is CC[NH+]1CCN(c2nc(C)ncc2C(=O)[O-])CC1. The average Bonchev–Trinajstić information content (AvgIpc) is 2.38. The van der Waals surface area contributed by atoms with Gasteiger partial charge in [-0.2, -0.15) is 0 Å². The maximum atomic E-state index is 11.1. The van der Waals surface area contributed by atoms with Crippen molar-refractivity contribution in [3.05, 3.63) is 17.6 Å². The number of anilines is 1. The monoisotopic (exact) mass is 250 g/mol. The number of carboxylic acids is 1. The maximum absolute atomic E-state index is 11.1. The Morgan fingerprint density at radius 3 is 2.72 bits per heavy atom. The summed E-state index contributed by atoms with van der Waals surface area (Å²) < 4.78 is 0. The number of nitrogens with one attached hydrogen (secondary N) is 1. The summed E-state index contributed by atoms with van der Waals surface area (Å²) in [6.45, 7) is 8.67. The first kappa shape index (κ1) is 12.8. The number of carbonyl (C=O) groups is 1. The lowest BCUT2D eigenvalue weighted by molar-refractivity contribution is -0.898. The number of carbonyl (C=O) groups excluding carboxylic acids is 1. The van der Waals surface area contributed by atoms with E-state index in [2.05, 4.69) is 16.9 Å². The molecule has 2 rings (SSSR count). The number of rotatable bonds is 3. The zero-order valence-electron chi connectivity index (χ0n) is 10.8. The van der Waals surface area contributed by atoms with Crippen LogP contribution in [0.1, 0.15) is 23.1 Å². The Balaban J connectivity index is 2.22. The number of aromatic carboxylic acids is 1. The molecule has 0 atom stereocenters. The van der Waals surface area contributed by atoms with E-state index in [4.69, 9.17) is 0 Å². The molecule has 0 saturated carbocycles. The molecule has 98 valence electrons. The molecule has 0 radical (unpaired) electrons. The van der Waals surface area contributed by atoms with E-state index in [-0.39, 0.29) is 5.56 Å². The summed E-state index contributed by atoms with van der Waals surface area (Å²) in [5, 5.41) is 11.1. The number of aryl methyl sites for hydroxylation is 1. The molecular weight excluding hydrogens is 232 g/mol. The van der Waals surface area contributed by atoms with Crippen molar-refractivity contribution in [3.63, 3.8) is 0 Å². The van der Waals surface area contributed by atoms with Crippen molar-refractivity contribution < 1.29 is 14.8 Å². The third-order valence-corrected chi connectivity index (χ3v) is 3.38. The van der Waals surface area contributed by atoms with E-state index in [0.29, 0.717) is 11.6 Å². The third kappa shape index (κ3) is 2.59. The Bertz CT molecular complexity index is 442. The smallest absolute Gasteiger partial charge is 0.141 e. The number of aromatic nitrogens is 2. The Kier molecular flexibility index (Phi) is 3.76. The summed E-state index contributed by atoms with van der Waals surface area (Å²) in [6, 6.07) is 0. The van der Waals surface area contributed by atoms with Gasteiger partial charge in [0.15, 0.2) is 0 Å². The van der Waals surface area contributed by atoms with E-state index in [1.807, 2.05) is 4.90 Å². The molecule has 0 aliphatic carbocycles. The van der Waals surface area contributed by atoms with Crippen molar-refractivity contribution in [2.75, 3.05) is 37.6 Å². The quantitative estimate of drug-likeness (QED) is 0.663. The number of likely N-dealkylation sites (N-methyl/N-ethyl adjacent to an activating group) is 1. The van der Waals surface area contributed by atoms with Gasteiger partial charge in [-0.15, -0.1) is 0 Å². The van der Waals surface area contributed by atoms with E-state index in [0.717, 1.165) is 32.7 Å². The zero-order chi connectivity index (χ0) is 13.1. The van der Waals surface area contributed by atoms with Gasteiger partial charge < -0.3 is 19.7 Å². The largest absolute Gasteiger partial charge is 0.545 e. The van der Waals surface area contributed by atoms with Crippen LogP contribution < -0.4 is 14.9 Å². The van der Waals surface area contributed by atoms with Gasteiger partial charge in [-0.1, -0.05) is 0 Å². The van der Waals surface area contributed by atoms with Crippen LogP contribution >= 0.6 is 0 Å². The highest BCUT2D eigenvalue weighted by molar-refractivity contribution is 5.91. The fourth-order valence-corrected chi connectivity index (χ4v) is 2.23. The summed E-state index contributed by atoms with van der Waals surface area (Å²) in [5.74, 6) is -0.131. The summed E-state index contributed by atoms with van der Waals surface area (Å²) in [7, 11) is 0. The highest BCUT2D eigenvalue weighted by Crippen LogP contribution is 2.16. The van der Waals surface area contributed by atoms with Crippen LogP contribution in [0.5, 0.6) is 0 Å². The summed E-state index contributed by atoms with van der Waals surface area (Å²) in [4.78, 5) is 22.8. The number of piperazine rings is 1. The molecule has 2 heterocycles. The number of carboxylic acid groups (broad SMARTS) is 1. The molecule has 1 N–H and O–H groups in total. The van der Waals surface area contributed by atoms with Crippen LogP contribution in [-0.4, -0.2) is 48.7 Å². The Hall–Kier alpha value is -1.69. The van der Waals surface area contributed by atoms with Gasteiger partial charge in [-0.3, -0.25) is 0 Å². The second-order valence-corrected chi connectivity index (χ2v) is 4.53. The summed E-state index contributed by atoms with van der Waals surface area (Å²) in [5.41, 5.74) is 0.0838. The molecule has 18 heavy (non-hydrogen) atoms. The van der Waals surface area contributed by atoms with E-state index >= 15 is 0 Å². The highest BCUT2D eigenvalue weighted by Gasteiger charge is 2.22. The van der Waals surface area contributed by atoms with Crippen LogP contribution in [0, 0.1) is 6.92 Å². The minimum Gasteiger partial charge on any atom is -0.545 e. The first-order valence-electron chi connectivity index (χ1n) is 6.25.